The fourth-order valence-electron chi connectivity index (χ4n) is 2.04. The van der Waals surface area contributed by atoms with Crippen LogP contribution in [0, 0.1) is 19.7 Å². The molecule has 2 heterocycles. The van der Waals surface area contributed by atoms with Crippen molar-refractivity contribution in [3.8, 4) is 0 Å². The second kappa shape index (κ2) is 5.44. The summed E-state index contributed by atoms with van der Waals surface area (Å²) < 4.78 is 15.2. The maximum atomic E-state index is 13.5. The van der Waals surface area contributed by atoms with Gasteiger partial charge in [0.05, 0.1) is 5.69 Å². The number of halogens is 1. The number of carbonyl (C=O) groups excluding carboxylic acids is 1. The number of pyridine rings is 1. The van der Waals surface area contributed by atoms with Crippen LogP contribution >= 0.6 is 0 Å². The summed E-state index contributed by atoms with van der Waals surface area (Å²) in [4.78, 5) is 12.0. The number of nitrogens with one attached hydrogen (secondary N) is 2. The minimum atomic E-state index is -0.451. The number of carbonyl (C=O) groups is 1. The lowest BCUT2D eigenvalue weighted by molar-refractivity contribution is 0.262. The van der Waals surface area contributed by atoms with E-state index in [1.807, 2.05) is 6.92 Å². The molecule has 6 nitrogen and oxygen atoms in total. The Bertz CT molecular complexity index is 858. The van der Waals surface area contributed by atoms with Gasteiger partial charge in [-0.1, -0.05) is 6.07 Å². The third-order valence-corrected chi connectivity index (χ3v) is 3.26. The van der Waals surface area contributed by atoms with Gasteiger partial charge in [0.25, 0.3) is 0 Å². The number of amides is 2. The van der Waals surface area contributed by atoms with Gasteiger partial charge in [-0.25, -0.2) is 9.18 Å². The predicted molar refractivity (Wildman–Crippen MR) is 81.5 cm³/mol. The number of anilines is 2. The second-order valence-corrected chi connectivity index (χ2v) is 4.94. The molecule has 112 valence electrons. The second-order valence-electron chi connectivity index (χ2n) is 4.94. The van der Waals surface area contributed by atoms with Crippen molar-refractivity contribution in [2.75, 3.05) is 10.6 Å². The van der Waals surface area contributed by atoms with Crippen LogP contribution in [-0.4, -0.2) is 20.6 Å². The first-order chi connectivity index (χ1) is 10.5. The molecule has 3 aromatic rings. The zero-order valence-electron chi connectivity index (χ0n) is 12.1. The number of urea groups is 1. The summed E-state index contributed by atoms with van der Waals surface area (Å²) in [6.07, 6.45) is 1.72. The minimum absolute atomic E-state index is 0.362. The van der Waals surface area contributed by atoms with Crippen molar-refractivity contribution in [3.05, 3.63) is 53.7 Å². The molecule has 0 spiro atoms. The Morgan fingerprint density at radius 3 is 2.59 bits per heavy atom. The van der Waals surface area contributed by atoms with Crippen LogP contribution in [0.1, 0.15) is 11.4 Å². The molecule has 2 N–H and O–H groups in total. The molecular weight excluding hydrogens is 285 g/mol. The Morgan fingerprint density at radius 1 is 1.09 bits per heavy atom. The molecule has 0 radical (unpaired) electrons. The highest BCUT2D eigenvalue weighted by Gasteiger charge is 2.07. The van der Waals surface area contributed by atoms with E-state index in [9.17, 15) is 9.18 Å². The molecule has 0 atom stereocenters. The third-order valence-electron chi connectivity index (χ3n) is 3.26. The first-order valence-corrected chi connectivity index (χ1v) is 6.68. The van der Waals surface area contributed by atoms with Crippen LogP contribution in [0.5, 0.6) is 0 Å². The molecule has 0 saturated heterocycles. The Hall–Kier alpha value is -2.96. The van der Waals surface area contributed by atoms with E-state index in [0.29, 0.717) is 22.6 Å². The summed E-state index contributed by atoms with van der Waals surface area (Å²) >= 11 is 0. The summed E-state index contributed by atoms with van der Waals surface area (Å²) in [5.41, 5.74) is 2.20. The van der Waals surface area contributed by atoms with Crippen molar-refractivity contribution in [1.29, 1.82) is 0 Å². The highest BCUT2D eigenvalue weighted by Crippen LogP contribution is 2.15. The van der Waals surface area contributed by atoms with E-state index in [1.165, 1.54) is 6.07 Å². The van der Waals surface area contributed by atoms with Gasteiger partial charge in [-0.05, 0) is 43.7 Å². The van der Waals surface area contributed by atoms with Gasteiger partial charge in [-0.2, -0.15) is 0 Å². The fourth-order valence-corrected chi connectivity index (χ4v) is 2.04. The van der Waals surface area contributed by atoms with Gasteiger partial charge in [0.2, 0.25) is 0 Å². The van der Waals surface area contributed by atoms with E-state index < -0.39 is 6.03 Å². The molecule has 0 aliphatic carbocycles. The average Bonchev–Trinajstić information content (AvgIpc) is 2.84. The molecule has 0 bridgehead atoms. The molecule has 7 heteroatoms. The number of hydrogen-bond acceptors (Lipinski definition) is 3. The maximum Gasteiger partial charge on any atom is 0.323 e. The van der Waals surface area contributed by atoms with Crippen molar-refractivity contribution in [3.63, 3.8) is 0 Å². The van der Waals surface area contributed by atoms with Crippen molar-refractivity contribution in [2.24, 2.45) is 0 Å². The Labute approximate surface area is 126 Å². The molecule has 1 aromatic carbocycles. The number of hydrogen-bond donors (Lipinski definition) is 2. The summed E-state index contributed by atoms with van der Waals surface area (Å²) in [5.74, 6) is 0.360. The molecular formula is C15H14FN5O. The topological polar surface area (TPSA) is 71.3 Å². The normalized spacial score (nSPS) is 10.7. The minimum Gasteiger partial charge on any atom is -0.308 e. The average molecular weight is 299 g/mol. The largest absolute Gasteiger partial charge is 0.323 e. The summed E-state index contributed by atoms with van der Waals surface area (Å²) in [5, 5.41) is 13.2. The quantitative estimate of drug-likeness (QED) is 0.763. The van der Waals surface area contributed by atoms with Gasteiger partial charge in [-0.3, -0.25) is 4.40 Å². The molecule has 3 rings (SSSR count). The van der Waals surface area contributed by atoms with Crippen LogP contribution in [-0.2, 0) is 0 Å². The fraction of sp³-hybridized carbons (Fsp3) is 0.133. The zero-order valence-corrected chi connectivity index (χ0v) is 12.1. The molecule has 0 aliphatic heterocycles. The third kappa shape index (κ3) is 2.73. The highest BCUT2D eigenvalue weighted by atomic mass is 19.1. The van der Waals surface area contributed by atoms with Crippen molar-refractivity contribution >= 4 is 23.1 Å². The first kappa shape index (κ1) is 14.0. The molecule has 22 heavy (non-hydrogen) atoms. The van der Waals surface area contributed by atoms with E-state index in [-0.39, 0.29) is 5.82 Å². The summed E-state index contributed by atoms with van der Waals surface area (Å²) in [7, 11) is 0. The molecule has 2 aromatic heterocycles. The highest BCUT2D eigenvalue weighted by molar-refractivity contribution is 5.99. The van der Waals surface area contributed by atoms with E-state index in [2.05, 4.69) is 20.8 Å². The van der Waals surface area contributed by atoms with Crippen LogP contribution in [0.25, 0.3) is 5.65 Å². The predicted octanol–water partition coefficient (Wildman–Crippen LogP) is 3.13. The Kier molecular flexibility index (Phi) is 3.46. The van der Waals surface area contributed by atoms with Crippen molar-refractivity contribution < 1.29 is 9.18 Å². The van der Waals surface area contributed by atoms with Gasteiger partial charge in [0, 0.05) is 11.9 Å². The number of nitrogens with zero attached hydrogens (tertiary/aromatic N) is 3. The standard InChI is InChI=1S/C15H14FN5O/c1-9-3-4-11(7-13(9)16)17-15(22)18-12-5-6-14-20-19-10(2)21(14)8-12/h3-8H,1-2H3,(H2,17,18,22). The zero-order chi connectivity index (χ0) is 15.7. The smallest absolute Gasteiger partial charge is 0.308 e. The van der Waals surface area contributed by atoms with Gasteiger partial charge in [0.1, 0.15) is 11.6 Å². The van der Waals surface area contributed by atoms with E-state index in [0.717, 1.165) is 5.82 Å². The molecule has 0 fully saturated rings. The van der Waals surface area contributed by atoms with Crippen LogP contribution in [0.2, 0.25) is 0 Å². The number of fused-ring (bicyclic) bond motifs is 1. The molecule has 2 amide bonds. The number of aromatic nitrogens is 3. The lowest BCUT2D eigenvalue weighted by Gasteiger charge is -2.09. The monoisotopic (exact) mass is 299 g/mol. The lowest BCUT2D eigenvalue weighted by Crippen LogP contribution is -2.19. The van der Waals surface area contributed by atoms with E-state index in [4.69, 9.17) is 0 Å². The molecule has 0 unspecified atom stereocenters. The Morgan fingerprint density at radius 2 is 1.82 bits per heavy atom. The lowest BCUT2D eigenvalue weighted by atomic mass is 10.2. The summed E-state index contributed by atoms with van der Waals surface area (Å²) in [6, 6.07) is 7.55. The molecule has 0 aliphatic rings. The number of rotatable bonds is 2. The Balaban J connectivity index is 1.74. The van der Waals surface area contributed by atoms with E-state index >= 15 is 0 Å². The van der Waals surface area contributed by atoms with Crippen LogP contribution in [0.4, 0.5) is 20.6 Å². The number of benzene rings is 1. The van der Waals surface area contributed by atoms with Gasteiger partial charge >= 0.3 is 6.03 Å². The maximum absolute atomic E-state index is 13.5. The number of aryl methyl sites for hydroxylation is 2. The first-order valence-electron chi connectivity index (χ1n) is 6.68. The van der Waals surface area contributed by atoms with Gasteiger partial charge in [0.15, 0.2) is 5.65 Å². The van der Waals surface area contributed by atoms with Gasteiger partial charge in [-0.15, -0.1) is 10.2 Å². The molecule has 0 saturated carbocycles. The SMILES string of the molecule is Cc1ccc(NC(=O)Nc2ccc3nnc(C)n3c2)cc1F. The van der Waals surface area contributed by atoms with Crippen molar-refractivity contribution in [1.82, 2.24) is 14.6 Å². The van der Waals surface area contributed by atoms with Gasteiger partial charge < -0.3 is 10.6 Å². The van der Waals surface area contributed by atoms with Crippen LogP contribution in [0.3, 0.4) is 0 Å². The summed E-state index contributed by atoms with van der Waals surface area (Å²) in [6.45, 7) is 3.48. The van der Waals surface area contributed by atoms with Crippen LogP contribution in [0.15, 0.2) is 36.5 Å². The van der Waals surface area contributed by atoms with Crippen LogP contribution < -0.4 is 10.6 Å². The van der Waals surface area contributed by atoms with Crippen molar-refractivity contribution in [2.45, 2.75) is 13.8 Å². The van der Waals surface area contributed by atoms with E-state index in [1.54, 1.807) is 41.8 Å².